The molecule has 2 heteroatoms. The second-order valence-corrected chi connectivity index (χ2v) is 4.20. The van der Waals surface area contributed by atoms with Crippen LogP contribution in [0.1, 0.15) is 45.1 Å². The lowest BCUT2D eigenvalue weighted by Crippen LogP contribution is -2.15. The minimum atomic E-state index is 0.00454. The van der Waals surface area contributed by atoms with E-state index in [0.29, 0.717) is 12.3 Å². The van der Waals surface area contributed by atoms with Crippen molar-refractivity contribution in [2.45, 2.75) is 45.6 Å². The molecule has 0 aliphatic carbocycles. The molecule has 0 aromatic heterocycles. The van der Waals surface area contributed by atoms with Gasteiger partial charge >= 0.3 is 0 Å². The molecule has 0 N–H and O–H groups in total. The van der Waals surface area contributed by atoms with Gasteiger partial charge in [0.2, 0.25) is 0 Å². The monoisotopic (exact) mass is 217 g/mol. The second kappa shape index (κ2) is 6.17. The van der Waals surface area contributed by atoms with Crippen molar-refractivity contribution in [3.63, 3.8) is 0 Å². The van der Waals surface area contributed by atoms with Crippen LogP contribution in [0.5, 0.6) is 5.75 Å². The molecule has 0 radical (unpaired) electrons. The Hall–Kier alpha value is -1.49. The SMILES string of the molecule is CCC(CC#N)Oc1ccccc1C(C)C. The molecule has 0 saturated heterocycles. The van der Waals surface area contributed by atoms with E-state index in [0.717, 1.165) is 12.2 Å². The Balaban J connectivity index is 2.83. The molecule has 0 bridgehead atoms. The summed E-state index contributed by atoms with van der Waals surface area (Å²) in [6.45, 7) is 6.33. The number of rotatable bonds is 5. The first-order valence-corrected chi connectivity index (χ1v) is 5.81. The summed E-state index contributed by atoms with van der Waals surface area (Å²) >= 11 is 0. The van der Waals surface area contributed by atoms with Gasteiger partial charge in [0.1, 0.15) is 11.9 Å². The van der Waals surface area contributed by atoms with Gasteiger partial charge in [0.15, 0.2) is 0 Å². The maximum atomic E-state index is 8.69. The first kappa shape index (κ1) is 12.6. The highest BCUT2D eigenvalue weighted by Gasteiger charge is 2.12. The molecular formula is C14H19NO. The normalized spacial score (nSPS) is 12.2. The molecule has 0 aliphatic rings. The molecule has 0 amide bonds. The van der Waals surface area contributed by atoms with Crippen LogP contribution in [0.25, 0.3) is 0 Å². The van der Waals surface area contributed by atoms with Gasteiger partial charge in [0.25, 0.3) is 0 Å². The molecule has 1 rings (SSSR count). The van der Waals surface area contributed by atoms with Crippen LogP contribution in [0.4, 0.5) is 0 Å². The maximum Gasteiger partial charge on any atom is 0.123 e. The zero-order chi connectivity index (χ0) is 12.0. The van der Waals surface area contributed by atoms with Gasteiger partial charge in [0, 0.05) is 0 Å². The summed E-state index contributed by atoms with van der Waals surface area (Å²) in [5, 5.41) is 8.69. The molecule has 1 aromatic rings. The molecular weight excluding hydrogens is 198 g/mol. The molecule has 1 aromatic carbocycles. The van der Waals surface area contributed by atoms with E-state index < -0.39 is 0 Å². The Labute approximate surface area is 97.9 Å². The number of benzene rings is 1. The van der Waals surface area contributed by atoms with E-state index in [-0.39, 0.29) is 6.10 Å². The number of nitrogens with zero attached hydrogens (tertiary/aromatic N) is 1. The van der Waals surface area contributed by atoms with Gasteiger partial charge in [-0.1, -0.05) is 39.0 Å². The van der Waals surface area contributed by atoms with Gasteiger partial charge < -0.3 is 4.74 Å². The zero-order valence-electron chi connectivity index (χ0n) is 10.2. The summed E-state index contributed by atoms with van der Waals surface area (Å²) in [6.07, 6.45) is 1.31. The largest absolute Gasteiger partial charge is 0.489 e. The van der Waals surface area contributed by atoms with Crippen LogP contribution in [0.15, 0.2) is 24.3 Å². The molecule has 2 nitrogen and oxygen atoms in total. The summed E-state index contributed by atoms with van der Waals surface area (Å²) in [5.74, 6) is 1.36. The summed E-state index contributed by atoms with van der Waals surface area (Å²) < 4.78 is 5.87. The van der Waals surface area contributed by atoms with Crippen molar-refractivity contribution < 1.29 is 4.74 Å². The van der Waals surface area contributed by atoms with Crippen LogP contribution in [-0.4, -0.2) is 6.10 Å². The second-order valence-electron chi connectivity index (χ2n) is 4.20. The molecule has 0 spiro atoms. The quantitative estimate of drug-likeness (QED) is 0.749. The lowest BCUT2D eigenvalue weighted by atomic mass is 10.0. The smallest absolute Gasteiger partial charge is 0.123 e. The lowest BCUT2D eigenvalue weighted by molar-refractivity contribution is 0.200. The molecule has 1 unspecified atom stereocenters. The van der Waals surface area contributed by atoms with Crippen molar-refractivity contribution >= 4 is 0 Å². The van der Waals surface area contributed by atoms with Crippen LogP contribution < -0.4 is 4.74 Å². The van der Waals surface area contributed by atoms with Crippen LogP contribution in [0, 0.1) is 11.3 Å². The molecule has 86 valence electrons. The van der Waals surface area contributed by atoms with Crippen molar-refractivity contribution in [3.8, 4) is 11.8 Å². The van der Waals surface area contributed by atoms with Crippen LogP contribution in [0.2, 0.25) is 0 Å². The number of ether oxygens (including phenoxy) is 1. The van der Waals surface area contributed by atoms with Crippen molar-refractivity contribution in [2.24, 2.45) is 0 Å². The average Bonchev–Trinajstić information content (AvgIpc) is 2.29. The van der Waals surface area contributed by atoms with Crippen molar-refractivity contribution in [1.82, 2.24) is 0 Å². The summed E-state index contributed by atoms with van der Waals surface area (Å²) in [5.41, 5.74) is 1.21. The highest BCUT2D eigenvalue weighted by Crippen LogP contribution is 2.27. The van der Waals surface area contributed by atoms with Crippen molar-refractivity contribution in [3.05, 3.63) is 29.8 Å². The number of hydrogen-bond acceptors (Lipinski definition) is 2. The number of para-hydroxylation sites is 1. The Morgan fingerprint density at radius 2 is 2.00 bits per heavy atom. The van der Waals surface area contributed by atoms with E-state index >= 15 is 0 Å². The van der Waals surface area contributed by atoms with Gasteiger partial charge in [-0.05, 0) is 24.0 Å². The van der Waals surface area contributed by atoms with E-state index in [4.69, 9.17) is 10.00 Å². The molecule has 0 saturated carbocycles. The summed E-state index contributed by atoms with van der Waals surface area (Å²) in [6, 6.07) is 10.2. The predicted octanol–water partition coefficient (Wildman–Crippen LogP) is 3.88. The Morgan fingerprint density at radius 3 is 2.56 bits per heavy atom. The lowest BCUT2D eigenvalue weighted by Gasteiger charge is -2.19. The fourth-order valence-corrected chi connectivity index (χ4v) is 1.62. The molecule has 0 heterocycles. The van der Waals surface area contributed by atoms with Crippen molar-refractivity contribution in [2.75, 3.05) is 0 Å². The average molecular weight is 217 g/mol. The maximum absolute atomic E-state index is 8.69. The number of hydrogen-bond donors (Lipinski definition) is 0. The molecule has 16 heavy (non-hydrogen) atoms. The Bertz CT molecular complexity index is 365. The van der Waals surface area contributed by atoms with E-state index in [9.17, 15) is 0 Å². The van der Waals surface area contributed by atoms with Crippen LogP contribution >= 0.6 is 0 Å². The third kappa shape index (κ3) is 3.27. The van der Waals surface area contributed by atoms with Crippen molar-refractivity contribution in [1.29, 1.82) is 5.26 Å². The minimum Gasteiger partial charge on any atom is -0.489 e. The third-order valence-electron chi connectivity index (χ3n) is 2.61. The predicted molar refractivity (Wildman–Crippen MR) is 65.5 cm³/mol. The molecule has 1 atom stereocenters. The van der Waals surface area contributed by atoms with Gasteiger partial charge in [-0.25, -0.2) is 0 Å². The first-order chi connectivity index (χ1) is 7.69. The van der Waals surface area contributed by atoms with E-state index in [1.807, 2.05) is 25.1 Å². The molecule has 0 aliphatic heterocycles. The fraction of sp³-hybridized carbons (Fsp3) is 0.500. The standard InChI is InChI=1S/C14H19NO/c1-4-12(9-10-15)16-14-8-6-5-7-13(14)11(2)3/h5-8,11-12H,4,9H2,1-3H3. The highest BCUT2D eigenvalue weighted by atomic mass is 16.5. The minimum absolute atomic E-state index is 0.00454. The summed E-state index contributed by atoms with van der Waals surface area (Å²) in [7, 11) is 0. The van der Waals surface area contributed by atoms with Gasteiger partial charge in [0.05, 0.1) is 12.5 Å². The van der Waals surface area contributed by atoms with Gasteiger partial charge in [-0.3, -0.25) is 0 Å². The Morgan fingerprint density at radius 1 is 1.31 bits per heavy atom. The van der Waals surface area contributed by atoms with Crippen LogP contribution in [-0.2, 0) is 0 Å². The number of nitriles is 1. The van der Waals surface area contributed by atoms with Gasteiger partial charge in [-0.2, -0.15) is 5.26 Å². The summed E-state index contributed by atoms with van der Waals surface area (Å²) in [4.78, 5) is 0. The topological polar surface area (TPSA) is 33.0 Å². The Kier molecular flexibility index (Phi) is 4.85. The van der Waals surface area contributed by atoms with E-state index in [2.05, 4.69) is 26.0 Å². The van der Waals surface area contributed by atoms with Crippen LogP contribution in [0.3, 0.4) is 0 Å². The highest BCUT2D eigenvalue weighted by molar-refractivity contribution is 5.35. The van der Waals surface area contributed by atoms with E-state index in [1.165, 1.54) is 5.56 Å². The zero-order valence-corrected chi connectivity index (χ0v) is 10.2. The molecule has 0 fully saturated rings. The van der Waals surface area contributed by atoms with E-state index in [1.54, 1.807) is 0 Å². The fourth-order valence-electron chi connectivity index (χ4n) is 1.62. The third-order valence-corrected chi connectivity index (χ3v) is 2.61. The van der Waals surface area contributed by atoms with Gasteiger partial charge in [-0.15, -0.1) is 0 Å². The first-order valence-electron chi connectivity index (χ1n) is 5.81.